The Labute approximate surface area is 498 Å². The van der Waals surface area contributed by atoms with E-state index in [0.29, 0.717) is 25.7 Å². The molecule has 2 unspecified atom stereocenters. The maximum atomic E-state index is 13.0. The van der Waals surface area contributed by atoms with Crippen LogP contribution in [0, 0.1) is 0 Å². The van der Waals surface area contributed by atoms with Gasteiger partial charge in [-0.15, -0.1) is 0 Å². The molecule has 0 saturated carbocycles. The molecule has 0 fully saturated rings. The second-order valence-electron chi connectivity index (χ2n) is 22.8. The van der Waals surface area contributed by atoms with Gasteiger partial charge in [0.15, 0.2) is 12.2 Å². The smallest absolute Gasteiger partial charge is 0.462 e. The number of ether oxygens (including phenoxy) is 4. The van der Waals surface area contributed by atoms with Crippen LogP contribution in [0.4, 0.5) is 0 Å². The monoisotopic (exact) mass is 1210 g/mol. The van der Waals surface area contributed by atoms with E-state index in [2.05, 4.69) is 27.7 Å². The van der Waals surface area contributed by atoms with E-state index >= 15 is 0 Å². The van der Waals surface area contributed by atoms with Crippen LogP contribution in [0.1, 0.15) is 323 Å². The quantitative estimate of drug-likeness (QED) is 0.0222. The first-order chi connectivity index (χ1) is 39.7. The fourth-order valence-corrected chi connectivity index (χ4v) is 11.0. The number of hydrogen-bond donors (Lipinski definition) is 3. The van der Waals surface area contributed by atoms with Crippen molar-refractivity contribution < 1.29 is 80.2 Å². The highest BCUT2D eigenvalue weighted by atomic mass is 31.2. The minimum absolute atomic E-state index is 0.103. The van der Waals surface area contributed by atoms with Gasteiger partial charge >= 0.3 is 39.5 Å². The fraction of sp³-hybridized carbons (Fsp3) is 0.937. The van der Waals surface area contributed by atoms with Crippen LogP contribution in [0.2, 0.25) is 0 Å². The highest BCUT2D eigenvalue weighted by Crippen LogP contribution is 2.45. The van der Waals surface area contributed by atoms with Crippen LogP contribution < -0.4 is 0 Å². The molecule has 0 saturated heterocycles. The topological polar surface area (TPSA) is 237 Å². The average Bonchev–Trinajstić information content (AvgIpc) is 3.46. The molecule has 0 aliphatic rings. The minimum Gasteiger partial charge on any atom is -0.462 e. The second-order valence-corrected chi connectivity index (χ2v) is 25.7. The Balaban J connectivity index is 5.09. The van der Waals surface area contributed by atoms with Gasteiger partial charge in [0.05, 0.1) is 26.4 Å². The van der Waals surface area contributed by atoms with Crippen LogP contribution in [0.15, 0.2) is 0 Å². The average molecular weight is 1210 g/mol. The molecule has 0 spiro atoms. The highest BCUT2D eigenvalue weighted by molar-refractivity contribution is 7.47. The summed E-state index contributed by atoms with van der Waals surface area (Å²) in [6, 6.07) is 0. The molecule has 19 heteroatoms. The van der Waals surface area contributed by atoms with Crippen molar-refractivity contribution in [1.82, 2.24) is 0 Å². The van der Waals surface area contributed by atoms with E-state index in [-0.39, 0.29) is 25.7 Å². The molecule has 3 N–H and O–H groups in total. The van der Waals surface area contributed by atoms with Crippen LogP contribution in [-0.2, 0) is 65.4 Å². The van der Waals surface area contributed by atoms with Gasteiger partial charge in [0.1, 0.15) is 19.3 Å². The Hall–Kier alpha value is -1.94. The van der Waals surface area contributed by atoms with E-state index in [0.717, 1.165) is 109 Å². The molecular weight excluding hydrogens is 1090 g/mol. The van der Waals surface area contributed by atoms with Crippen molar-refractivity contribution in [1.29, 1.82) is 0 Å². The summed E-state index contributed by atoms with van der Waals surface area (Å²) in [5, 5.41) is 10.5. The predicted octanol–water partition coefficient (Wildman–Crippen LogP) is 17.5. The van der Waals surface area contributed by atoms with Gasteiger partial charge in [-0.3, -0.25) is 37.3 Å². The number of esters is 4. The molecule has 0 aromatic carbocycles. The Morgan fingerprint density at radius 1 is 0.293 bits per heavy atom. The Kier molecular flexibility index (Phi) is 56.7. The summed E-state index contributed by atoms with van der Waals surface area (Å²) in [5.74, 6) is -2.15. The van der Waals surface area contributed by atoms with E-state index in [4.69, 9.17) is 37.0 Å². The maximum absolute atomic E-state index is 13.0. The predicted molar refractivity (Wildman–Crippen MR) is 326 cm³/mol. The van der Waals surface area contributed by atoms with E-state index in [1.54, 1.807) is 0 Å². The lowest BCUT2D eigenvalue weighted by Gasteiger charge is -2.21. The van der Waals surface area contributed by atoms with Gasteiger partial charge in [-0.25, -0.2) is 9.13 Å². The van der Waals surface area contributed by atoms with Crippen molar-refractivity contribution in [2.75, 3.05) is 39.6 Å². The van der Waals surface area contributed by atoms with Gasteiger partial charge in [-0.2, -0.15) is 0 Å². The first kappa shape index (κ1) is 80.1. The van der Waals surface area contributed by atoms with Crippen LogP contribution in [-0.4, -0.2) is 96.7 Å². The lowest BCUT2D eigenvalue weighted by atomic mass is 10.0. The number of unbranched alkanes of at least 4 members (excludes halogenated alkanes) is 38. The molecule has 0 rings (SSSR count). The Morgan fingerprint density at radius 2 is 0.488 bits per heavy atom. The third kappa shape index (κ3) is 57.2. The van der Waals surface area contributed by atoms with Crippen molar-refractivity contribution in [2.24, 2.45) is 0 Å². The fourth-order valence-electron chi connectivity index (χ4n) is 9.46. The van der Waals surface area contributed by atoms with Crippen LogP contribution in [0.5, 0.6) is 0 Å². The van der Waals surface area contributed by atoms with Gasteiger partial charge in [0.2, 0.25) is 0 Å². The molecule has 82 heavy (non-hydrogen) atoms. The number of carbonyl (C=O) groups is 4. The molecule has 0 radical (unpaired) electrons. The number of aliphatic hydroxyl groups is 1. The summed E-state index contributed by atoms with van der Waals surface area (Å²) >= 11 is 0. The molecule has 0 aromatic rings. The lowest BCUT2D eigenvalue weighted by Crippen LogP contribution is -2.30. The van der Waals surface area contributed by atoms with Crippen molar-refractivity contribution in [2.45, 2.75) is 341 Å². The third-order valence-corrected chi connectivity index (χ3v) is 16.5. The van der Waals surface area contributed by atoms with Crippen LogP contribution in [0.25, 0.3) is 0 Å². The lowest BCUT2D eigenvalue weighted by molar-refractivity contribution is -0.161. The Morgan fingerprint density at radius 3 is 0.720 bits per heavy atom. The standard InChI is InChI=1S/C63H122O17P2/c1-5-9-13-17-20-22-24-25-26-27-28-29-30-31-33-35-38-42-46-50-63(68)80-59(54-74-61(66)48-44-40-37-34-32-23-21-18-14-10-6-2)56-78-82(71,72)76-52-57(64)51-75-81(69,70)77-55-58(53-73-60(65)47-43-39-16-12-8-4)79-62(67)49-45-41-36-19-15-11-7-3/h57-59,64H,5-56H2,1-4H3,(H,69,70)(H,71,72)/t57-,58+,59+/m0/s1. The first-order valence-electron chi connectivity index (χ1n) is 33.3. The summed E-state index contributed by atoms with van der Waals surface area (Å²) < 4.78 is 67.6. The molecule has 0 bridgehead atoms. The van der Waals surface area contributed by atoms with Crippen LogP contribution in [0.3, 0.4) is 0 Å². The maximum Gasteiger partial charge on any atom is 0.472 e. The molecule has 0 heterocycles. The number of hydrogen-bond acceptors (Lipinski definition) is 15. The van der Waals surface area contributed by atoms with Gasteiger partial charge in [-0.05, 0) is 25.7 Å². The van der Waals surface area contributed by atoms with Gasteiger partial charge in [-0.1, -0.05) is 272 Å². The molecule has 5 atom stereocenters. The third-order valence-electron chi connectivity index (χ3n) is 14.6. The summed E-state index contributed by atoms with van der Waals surface area (Å²) in [4.78, 5) is 71.8. The van der Waals surface area contributed by atoms with E-state index in [1.807, 2.05) is 0 Å². The number of rotatable bonds is 64. The first-order valence-corrected chi connectivity index (χ1v) is 36.3. The highest BCUT2D eigenvalue weighted by Gasteiger charge is 2.30. The van der Waals surface area contributed by atoms with Gasteiger partial charge < -0.3 is 33.8 Å². The second kappa shape index (κ2) is 58.1. The van der Waals surface area contributed by atoms with E-state index < -0.39 is 97.5 Å². The summed E-state index contributed by atoms with van der Waals surface area (Å²) in [6.07, 6.45) is 43.7. The van der Waals surface area contributed by atoms with E-state index in [9.17, 15) is 43.2 Å². The summed E-state index contributed by atoms with van der Waals surface area (Å²) in [6.45, 7) is 4.75. The zero-order chi connectivity index (χ0) is 60.5. The zero-order valence-electron chi connectivity index (χ0n) is 52.5. The van der Waals surface area contributed by atoms with Crippen LogP contribution >= 0.6 is 15.6 Å². The summed E-state index contributed by atoms with van der Waals surface area (Å²) in [5.41, 5.74) is 0. The molecule has 17 nitrogen and oxygen atoms in total. The molecule has 0 aliphatic heterocycles. The van der Waals surface area contributed by atoms with E-state index in [1.165, 1.54) is 135 Å². The number of aliphatic hydroxyl groups excluding tert-OH is 1. The van der Waals surface area contributed by atoms with Crippen molar-refractivity contribution in [3.05, 3.63) is 0 Å². The number of phosphoric ester groups is 2. The largest absolute Gasteiger partial charge is 0.472 e. The van der Waals surface area contributed by atoms with Crippen molar-refractivity contribution >= 4 is 39.5 Å². The molecule has 0 amide bonds. The van der Waals surface area contributed by atoms with Gasteiger partial charge in [0, 0.05) is 25.7 Å². The minimum atomic E-state index is -4.94. The Bertz CT molecular complexity index is 1590. The zero-order valence-corrected chi connectivity index (χ0v) is 54.2. The molecule has 0 aliphatic carbocycles. The molecule has 0 aromatic heterocycles. The number of phosphoric acid groups is 2. The van der Waals surface area contributed by atoms with Crippen molar-refractivity contribution in [3.8, 4) is 0 Å². The molecule has 486 valence electrons. The normalized spacial score (nSPS) is 14.2. The molecular formula is C63H122O17P2. The van der Waals surface area contributed by atoms with Gasteiger partial charge in [0.25, 0.3) is 0 Å². The SMILES string of the molecule is CCCCCCCCCCCCCCCCCCCCCC(=O)O[C@H](COC(=O)CCCCCCCCCCCCC)COP(=O)(O)OC[C@@H](O)COP(=O)(O)OC[C@@H](COC(=O)CCCCCCC)OC(=O)CCCCCCCCC. The van der Waals surface area contributed by atoms with Crippen molar-refractivity contribution in [3.63, 3.8) is 0 Å². The number of carbonyl (C=O) groups excluding carboxylic acids is 4. The summed E-state index contributed by atoms with van der Waals surface area (Å²) in [7, 11) is -9.87.